The molecule has 3 N–H and O–H groups in total. The van der Waals surface area contributed by atoms with Crippen molar-refractivity contribution in [1.29, 1.82) is 0 Å². The third kappa shape index (κ3) is 3.85. The van der Waals surface area contributed by atoms with Gasteiger partial charge in [-0.15, -0.1) is 11.3 Å². The van der Waals surface area contributed by atoms with Crippen LogP contribution in [0.25, 0.3) is 0 Å². The van der Waals surface area contributed by atoms with Gasteiger partial charge in [0.05, 0.1) is 18.3 Å². The zero-order valence-electron chi connectivity index (χ0n) is 9.93. The number of amides is 1. The summed E-state index contributed by atoms with van der Waals surface area (Å²) in [6, 6.07) is 7.61. The second-order valence-corrected chi connectivity index (χ2v) is 4.97. The monoisotopic (exact) mass is 261 g/mol. The van der Waals surface area contributed by atoms with Crippen molar-refractivity contribution in [3.8, 4) is 0 Å². The second kappa shape index (κ2) is 6.16. The van der Waals surface area contributed by atoms with Crippen LogP contribution >= 0.6 is 11.3 Å². The Kier molecular flexibility index (Phi) is 4.30. The first-order valence-corrected chi connectivity index (χ1v) is 6.61. The molecule has 0 bridgehead atoms. The molecule has 0 aromatic carbocycles. The molecule has 1 amide bonds. The van der Waals surface area contributed by atoms with Crippen molar-refractivity contribution in [2.75, 3.05) is 12.3 Å². The fraction of sp³-hybridized carbons (Fsp3) is 0.231. The number of nitrogens with two attached hydrogens (primary N) is 1. The van der Waals surface area contributed by atoms with Crippen molar-refractivity contribution in [2.45, 2.75) is 12.8 Å². The summed E-state index contributed by atoms with van der Waals surface area (Å²) in [6.07, 6.45) is 2.73. The Labute approximate surface area is 110 Å². The average Bonchev–Trinajstić information content (AvgIpc) is 2.85. The van der Waals surface area contributed by atoms with Crippen LogP contribution in [-0.4, -0.2) is 17.4 Å². The predicted molar refractivity (Wildman–Crippen MR) is 73.4 cm³/mol. The van der Waals surface area contributed by atoms with Gasteiger partial charge in [-0.1, -0.05) is 6.07 Å². The largest absolute Gasteiger partial charge is 0.397 e. The number of nitrogens with one attached hydrogen (secondary N) is 1. The number of carbonyl (C=O) groups is 1. The summed E-state index contributed by atoms with van der Waals surface area (Å²) >= 11 is 1.70. The number of carbonyl (C=O) groups excluding carboxylic acids is 1. The smallest absolute Gasteiger partial charge is 0.226 e. The highest BCUT2D eigenvalue weighted by molar-refractivity contribution is 7.09. The third-order valence-electron chi connectivity index (χ3n) is 2.46. The molecule has 0 aliphatic heterocycles. The lowest BCUT2D eigenvalue weighted by molar-refractivity contribution is -0.120. The van der Waals surface area contributed by atoms with E-state index in [9.17, 15) is 4.79 Å². The average molecular weight is 261 g/mol. The highest BCUT2D eigenvalue weighted by atomic mass is 32.1. The lowest BCUT2D eigenvalue weighted by Crippen LogP contribution is -2.27. The number of thiophene rings is 1. The molecule has 2 heterocycles. The SMILES string of the molecule is Nc1ccc(CC(=O)NCCc2cccs2)nc1. The number of anilines is 1. The zero-order chi connectivity index (χ0) is 12.8. The third-order valence-corrected chi connectivity index (χ3v) is 3.40. The number of nitrogens with zero attached hydrogens (tertiary/aromatic N) is 1. The van der Waals surface area contributed by atoms with Gasteiger partial charge in [0.25, 0.3) is 0 Å². The molecule has 0 atom stereocenters. The van der Waals surface area contributed by atoms with Gasteiger partial charge in [-0.3, -0.25) is 9.78 Å². The maximum Gasteiger partial charge on any atom is 0.226 e. The molecule has 0 unspecified atom stereocenters. The summed E-state index contributed by atoms with van der Waals surface area (Å²) in [4.78, 5) is 17.0. The molecule has 0 saturated heterocycles. The van der Waals surface area contributed by atoms with Crippen LogP contribution in [0, 0.1) is 0 Å². The molecule has 4 nitrogen and oxygen atoms in total. The number of hydrogen-bond acceptors (Lipinski definition) is 4. The van der Waals surface area contributed by atoms with Crippen LogP contribution in [0.4, 0.5) is 5.69 Å². The fourth-order valence-corrected chi connectivity index (χ4v) is 2.26. The number of aromatic nitrogens is 1. The first-order valence-electron chi connectivity index (χ1n) is 5.73. The van der Waals surface area contributed by atoms with Gasteiger partial charge < -0.3 is 11.1 Å². The van der Waals surface area contributed by atoms with Crippen molar-refractivity contribution in [2.24, 2.45) is 0 Å². The lowest BCUT2D eigenvalue weighted by atomic mass is 10.2. The highest BCUT2D eigenvalue weighted by Gasteiger charge is 2.04. The Morgan fingerprint density at radius 3 is 2.94 bits per heavy atom. The first-order chi connectivity index (χ1) is 8.74. The van der Waals surface area contributed by atoms with Gasteiger partial charge in [0.2, 0.25) is 5.91 Å². The molecule has 2 aromatic rings. The van der Waals surface area contributed by atoms with Crippen molar-refractivity contribution in [3.63, 3.8) is 0 Å². The fourth-order valence-electron chi connectivity index (χ4n) is 1.55. The summed E-state index contributed by atoms with van der Waals surface area (Å²) in [6.45, 7) is 0.661. The molecule has 0 aliphatic carbocycles. The summed E-state index contributed by atoms with van der Waals surface area (Å²) in [5.41, 5.74) is 6.87. The number of rotatable bonds is 5. The van der Waals surface area contributed by atoms with Crippen LogP contribution in [-0.2, 0) is 17.6 Å². The van der Waals surface area contributed by atoms with Crippen LogP contribution in [0.15, 0.2) is 35.8 Å². The maximum atomic E-state index is 11.6. The summed E-state index contributed by atoms with van der Waals surface area (Å²) in [5.74, 6) is -0.0103. The quantitative estimate of drug-likeness (QED) is 0.859. The summed E-state index contributed by atoms with van der Waals surface area (Å²) < 4.78 is 0. The normalized spacial score (nSPS) is 10.2. The molecule has 2 aromatic heterocycles. The van der Waals surface area contributed by atoms with Crippen LogP contribution in [0.2, 0.25) is 0 Å². The van der Waals surface area contributed by atoms with Crippen molar-refractivity contribution in [1.82, 2.24) is 10.3 Å². The molecule has 94 valence electrons. The number of hydrogen-bond donors (Lipinski definition) is 2. The van der Waals surface area contributed by atoms with E-state index in [1.807, 2.05) is 11.4 Å². The second-order valence-electron chi connectivity index (χ2n) is 3.94. The molecule has 2 rings (SSSR count). The highest BCUT2D eigenvalue weighted by Crippen LogP contribution is 2.08. The summed E-state index contributed by atoms with van der Waals surface area (Å²) in [5, 5.41) is 4.92. The number of nitrogen functional groups attached to an aromatic ring is 1. The van der Waals surface area contributed by atoms with E-state index in [4.69, 9.17) is 5.73 Å². The maximum absolute atomic E-state index is 11.6. The molecule has 0 fully saturated rings. The van der Waals surface area contributed by atoms with Crippen LogP contribution in [0.1, 0.15) is 10.6 Å². The van der Waals surface area contributed by atoms with Crippen molar-refractivity contribution >= 4 is 22.9 Å². The van der Waals surface area contributed by atoms with Gasteiger partial charge in [-0.25, -0.2) is 0 Å². The lowest BCUT2D eigenvalue weighted by Gasteiger charge is -2.04. The van der Waals surface area contributed by atoms with Crippen LogP contribution in [0.3, 0.4) is 0 Å². The van der Waals surface area contributed by atoms with Gasteiger partial charge in [-0.05, 0) is 30.0 Å². The minimum absolute atomic E-state index is 0.0103. The number of pyridine rings is 1. The van der Waals surface area contributed by atoms with E-state index in [0.29, 0.717) is 18.7 Å². The molecule has 5 heteroatoms. The molecular weight excluding hydrogens is 246 g/mol. The molecule has 0 spiro atoms. The molecule has 0 aliphatic rings. The summed E-state index contributed by atoms with van der Waals surface area (Å²) in [7, 11) is 0. The molecule has 18 heavy (non-hydrogen) atoms. The van der Waals surface area contributed by atoms with Gasteiger partial charge in [0.1, 0.15) is 0 Å². The standard InChI is InChI=1S/C13H15N3OS/c14-10-3-4-11(16-9-10)8-13(17)15-6-5-12-2-1-7-18-12/h1-4,7,9H,5-6,8,14H2,(H,15,17). The molecule has 0 saturated carbocycles. The Morgan fingerprint density at radius 1 is 1.39 bits per heavy atom. The van der Waals surface area contributed by atoms with Gasteiger partial charge in [-0.2, -0.15) is 0 Å². The van der Waals surface area contributed by atoms with Crippen molar-refractivity contribution < 1.29 is 4.79 Å². The van der Waals surface area contributed by atoms with E-state index in [1.165, 1.54) is 4.88 Å². The van der Waals surface area contributed by atoms with Gasteiger partial charge in [0.15, 0.2) is 0 Å². The Bertz CT molecular complexity index is 493. The molecular formula is C13H15N3OS. The Hall–Kier alpha value is -1.88. The predicted octanol–water partition coefficient (Wildman–Crippen LogP) is 1.63. The van der Waals surface area contributed by atoms with E-state index >= 15 is 0 Å². The van der Waals surface area contributed by atoms with E-state index in [2.05, 4.69) is 16.4 Å². The van der Waals surface area contributed by atoms with Gasteiger partial charge >= 0.3 is 0 Å². The minimum Gasteiger partial charge on any atom is -0.397 e. The Balaban J connectivity index is 1.73. The van der Waals surface area contributed by atoms with Crippen LogP contribution in [0.5, 0.6) is 0 Å². The topological polar surface area (TPSA) is 68.0 Å². The Morgan fingerprint density at radius 2 is 2.28 bits per heavy atom. The molecule has 0 radical (unpaired) electrons. The van der Waals surface area contributed by atoms with E-state index < -0.39 is 0 Å². The van der Waals surface area contributed by atoms with Crippen molar-refractivity contribution in [3.05, 3.63) is 46.4 Å². The van der Waals surface area contributed by atoms with Gasteiger partial charge in [0, 0.05) is 17.1 Å². The van der Waals surface area contributed by atoms with E-state index in [0.717, 1.165) is 12.1 Å². The minimum atomic E-state index is -0.0103. The van der Waals surface area contributed by atoms with E-state index in [-0.39, 0.29) is 5.91 Å². The zero-order valence-corrected chi connectivity index (χ0v) is 10.7. The van der Waals surface area contributed by atoms with E-state index in [1.54, 1.807) is 29.7 Å². The first kappa shape index (κ1) is 12.6. The van der Waals surface area contributed by atoms with Crippen LogP contribution < -0.4 is 11.1 Å².